The van der Waals surface area contributed by atoms with E-state index >= 15 is 0 Å². The Morgan fingerprint density at radius 3 is 2.64 bits per heavy atom. The minimum Gasteiger partial charge on any atom is -0.505 e. The molecule has 1 nitrogen and oxygen atoms in total. The van der Waals surface area contributed by atoms with Crippen molar-refractivity contribution in [3.05, 3.63) is 39.9 Å². The van der Waals surface area contributed by atoms with Gasteiger partial charge in [0.1, 0.15) is 0 Å². The van der Waals surface area contributed by atoms with E-state index in [0.29, 0.717) is 0 Å². The first-order valence-corrected chi connectivity index (χ1v) is 5.57. The molecular formula is C10H6BrFOS. The first kappa shape index (κ1) is 9.68. The third-order valence-corrected chi connectivity index (χ3v) is 3.71. The third kappa shape index (κ3) is 1.67. The number of hydrogen-bond donors (Lipinski definition) is 1. The van der Waals surface area contributed by atoms with Crippen molar-refractivity contribution in [3.8, 4) is 16.2 Å². The highest BCUT2D eigenvalue weighted by molar-refractivity contribution is 9.10. The molecule has 1 aromatic heterocycles. The topological polar surface area (TPSA) is 20.2 Å². The maximum atomic E-state index is 13.0. The van der Waals surface area contributed by atoms with Crippen molar-refractivity contribution in [2.45, 2.75) is 0 Å². The summed E-state index contributed by atoms with van der Waals surface area (Å²) < 4.78 is 14.0. The summed E-state index contributed by atoms with van der Waals surface area (Å²) in [6.45, 7) is 0. The number of halogens is 2. The van der Waals surface area contributed by atoms with Crippen LogP contribution in [0, 0.1) is 5.82 Å². The molecule has 72 valence electrons. The Labute approximate surface area is 93.0 Å². The molecule has 0 aliphatic rings. The van der Waals surface area contributed by atoms with E-state index in [1.165, 1.54) is 23.5 Å². The molecule has 2 aromatic rings. The van der Waals surface area contributed by atoms with Crippen LogP contribution in [-0.2, 0) is 0 Å². The summed E-state index contributed by atoms with van der Waals surface area (Å²) in [4.78, 5) is 0.962. The summed E-state index contributed by atoms with van der Waals surface area (Å²) in [5.74, 6) is -0.913. The monoisotopic (exact) mass is 272 g/mol. The van der Waals surface area contributed by atoms with Crippen LogP contribution < -0.4 is 0 Å². The van der Waals surface area contributed by atoms with E-state index < -0.39 is 5.82 Å². The normalized spacial score (nSPS) is 10.4. The van der Waals surface area contributed by atoms with E-state index in [1.54, 1.807) is 6.07 Å². The molecular weight excluding hydrogens is 267 g/mol. The van der Waals surface area contributed by atoms with E-state index in [1.807, 2.05) is 11.4 Å². The zero-order chi connectivity index (χ0) is 10.1. The largest absolute Gasteiger partial charge is 0.505 e. The fraction of sp³-hybridized carbons (Fsp3) is 0. The van der Waals surface area contributed by atoms with Crippen molar-refractivity contribution in [3.63, 3.8) is 0 Å². The van der Waals surface area contributed by atoms with Crippen molar-refractivity contribution in [1.29, 1.82) is 0 Å². The van der Waals surface area contributed by atoms with Crippen LogP contribution in [0.3, 0.4) is 0 Å². The van der Waals surface area contributed by atoms with Crippen LogP contribution >= 0.6 is 27.3 Å². The zero-order valence-corrected chi connectivity index (χ0v) is 9.40. The molecule has 1 aromatic carbocycles. The van der Waals surface area contributed by atoms with Gasteiger partial charge >= 0.3 is 0 Å². The Balaban J connectivity index is 2.53. The van der Waals surface area contributed by atoms with E-state index in [9.17, 15) is 4.39 Å². The van der Waals surface area contributed by atoms with Crippen LogP contribution in [0.1, 0.15) is 0 Å². The first-order valence-electron chi connectivity index (χ1n) is 3.90. The smallest absolute Gasteiger partial charge is 0.165 e. The van der Waals surface area contributed by atoms with E-state index in [4.69, 9.17) is 5.11 Å². The van der Waals surface area contributed by atoms with E-state index in [0.717, 1.165) is 14.9 Å². The van der Waals surface area contributed by atoms with Crippen molar-refractivity contribution in [2.75, 3.05) is 0 Å². The molecule has 2 rings (SSSR count). The number of hydrogen-bond acceptors (Lipinski definition) is 2. The average Bonchev–Trinajstić information content (AvgIpc) is 2.57. The fourth-order valence-electron chi connectivity index (χ4n) is 1.15. The highest BCUT2D eigenvalue weighted by atomic mass is 79.9. The zero-order valence-electron chi connectivity index (χ0n) is 7.00. The molecule has 4 heteroatoms. The summed E-state index contributed by atoms with van der Waals surface area (Å²) in [5.41, 5.74) is 0.766. The van der Waals surface area contributed by atoms with Gasteiger partial charge in [0.2, 0.25) is 0 Å². The second kappa shape index (κ2) is 3.71. The summed E-state index contributed by atoms with van der Waals surface area (Å²) in [6, 6.07) is 6.28. The molecule has 0 unspecified atom stereocenters. The Hall–Kier alpha value is -0.870. The van der Waals surface area contributed by atoms with Gasteiger partial charge in [-0.2, -0.15) is 0 Å². The van der Waals surface area contributed by atoms with Gasteiger partial charge in [0.05, 0.1) is 0 Å². The van der Waals surface area contributed by atoms with Crippen LogP contribution in [0.15, 0.2) is 34.1 Å². The molecule has 0 saturated heterocycles. The molecule has 0 fully saturated rings. The van der Waals surface area contributed by atoms with Gasteiger partial charge in [-0.05, 0) is 51.1 Å². The SMILES string of the molecule is Oc1ccc(-c2sccc2Br)cc1F. The highest BCUT2D eigenvalue weighted by Gasteiger charge is 2.07. The Morgan fingerprint density at radius 2 is 2.07 bits per heavy atom. The van der Waals surface area contributed by atoms with Crippen LogP contribution in [0.4, 0.5) is 4.39 Å². The molecule has 0 aliphatic carbocycles. The predicted octanol–water partition coefficient (Wildman–Crippen LogP) is 4.02. The lowest BCUT2D eigenvalue weighted by atomic mass is 10.2. The molecule has 0 spiro atoms. The lowest BCUT2D eigenvalue weighted by Gasteiger charge is -2.00. The van der Waals surface area contributed by atoms with Crippen molar-refractivity contribution in [2.24, 2.45) is 0 Å². The molecule has 0 atom stereocenters. The Kier molecular flexibility index (Phi) is 2.56. The van der Waals surface area contributed by atoms with E-state index in [-0.39, 0.29) is 5.75 Å². The standard InChI is InChI=1S/C10H6BrFOS/c11-7-3-4-14-10(7)6-1-2-9(13)8(12)5-6/h1-5,13H. The molecule has 0 bridgehead atoms. The summed E-state index contributed by atoms with van der Waals surface area (Å²) >= 11 is 4.89. The van der Waals surface area contributed by atoms with Crippen LogP contribution in [0.2, 0.25) is 0 Å². The maximum absolute atomic E-state index is 13.0. The highest BCUT2D eigenvalue weighted by Crippen LogP contribution is 2.34. The minimum absolute atomic E-state index is 0.318. The van der Waals surface area contributed by atoms with Crippen LogP contribution in [0.5, 0.6) is 5.75 Å². The molecule has 0 radical (unpaired) electrons. The van der Waals surface area contributed by atoms with Gasteiger partial charge in [-0.15, -0.1) is 11.3 Å². The van der Waals surface area contributed by atoms with Gasteiger partial charge in [0.15, 0.2) is 11.6 Å². The number of phenolic OH excluding ortho intramolecular Hbond substituents is 1. The van der Waals surface area contributed by atoms with Crippen molar-refractivity contribution in [1.82, 2.24) is 0 Å². The van der Waals surface area contributed by atoms with E-state index in [2.05, 4.69) is 15.9 Å². The Morgan fingerprint density at radius 1 is 1.29 bits per heavy atom. The van der Waals surface area contributed by atoms with Crippen LogP contribution in [0.25, 0.3) is 10.4 Å². The molecule has 1 heterocycles. The van der Waals surface area contributed by atoms with Crippen molar-refractivity contribution < 1.29 is 9.50 Å². The van der Waals surface area contributed by atoms with Gasteiger partial charge in [0, 0.05) is 9.35 Å². The fourth-order valence-corrected chi connectivity index (χ4v) is 2.75. The first-order chi connectivity index (χ1) is 6.68. The summed E-state index contributed by atoms with van der Waals surface area (Å²) in [6.07, 6.45) is 0. The molecule has 0 amide bonds. The molecule has 0 aliphatic heterocycles. The van der Waals surface area contributed by atoms with Gasteiger partial charge < -0.3 is 5.11 Å². The van der Waals surface area contributed by atoms with Crippen LogP contribution in [-0.4, -0.2) is 5.11 Å². The second-order valence-electron chi connectivity index (χ2n) is 2.76. The van der Waals surface area contributed by atoms with Crippen molar-refractivity contribution >= 4 is 27.3 Å². The Bertz CT molecular complexity index is 467. The average molecular weight is 273 g/mol. The number of phenols is 1. The second-order valence-corrected chi connectivity index (χ2v) is 4.53. The third-order valence-electron chi connectivity index (χ3n) is 1.83. The quantitative estimate of drug-likeness (QED) is 0.831. The predicted molar refractivity (Wildman–Crippen MR) is 59.1 cm³/mol. The number of thiophene rings is 1. The maximum Gasteiger partial charge on any atom is 0.165 e. The number of aromatic hydroxyl groups is 1. The van der Waals surface area contributed by atoms with Gasteiger partial charge in [-0.25, -0.2) is 4.39 Å². The number of rotatable bonds is 1. The van der Waals surface area contributed by atoms with Gasteiger partial charge in [0.25, 0.3) is 0 Å². The lowest BCUT2D eigenvalue weighted by molar-refractivity contribution is 0.432. The molecule has 0 saturated carbocycles. The van der Waals surface area contributed by atoms with Gasteiger partial charge in [-0.3, -0.25) is 0 Å². The minimum atomic E-state index is -0.595. The lowest BCUT2D eigenvalue weighted by Crippen LogP contribution is -1.78. The summed E-state index contributed by atoms with van der Waals surface area (Å²) in [5, 5.41) is 10.9. The van der Waals surface area contributed by atoms with Gasteiger partial charge in [-0.1, -0.05) is 0 Å². The summed E-state index contributed by atoms with van der Waals surface area (Å²) in [7, 11) is 0. The molecule has 14 heavy (non-hydrogen) atoms. The molecule has 1 N–H and O–H groups in total. The number of benzene rings is 1.